The molecule has 0 unspecified atom stereocenters. The molecule has 0 spiro atoms. The summed E-state index contributed by atoms with van der Waals surface area (Å²) in [4.78, 5) is 13.0. The summed E-state index contributed by atoms with van der Waals surface area (Å²) in [5, 5.41) is 14.4. The molecule has 0 bridgehead atoms. The topological polar surface area (TPSA) is 69.0 Å². The first-order valence-electron chi connectivity index (χ1n) is 9.31. The van der Waals surface area contributed by atoms with Gasteiger partial charge in [-0.2, -0.15) is 0 Å². The number of carbonyl (C=O) groups excluding carboxylic acids is 1. The molecule has 1 atom stereocenters. The van der Waals surface area contributed by atoms with Crippen LogP contribution in [0.15, 0.2) is 53.0 Å². The van der Waals surface area contributed by atoms with E-state index in [-0.39, 0.29) is 12.0 Å². The summed E-state index contributed by atoms with van der Waals surface area (Å²) in [5.41, 5.74) is 1.17. The number of benzene rings is 1. The van der Waals surface area contributed by atoms with E-state index >= 15 is 0 Å². The second-order valence-electron chi connectivity index (χ2n) is 6.58. The van der Waals surface area contributed by atoms with E-state index in [1.54, 1.807) is 11.8 Å². The van der Waals surface area contributed by atoms with E-state index < -0.39 is 0 Å². The van der Waals surface area contributed by atoms with Crippen molar-refractivity contribution in [2.45, 2.75) is 37.2 Å². The number of nitrogens with zero attached hydrogens (tertiary/aromatic N) is 3. The van der Waals surface area contributed by atoms with E-state index in [4.69, 9.17) is 4.74 Å². The maximum absolute atomic E-state index is 12.3. The largest absolute Gasteiger partial charge is 0.377 e. The monoisotopic (exact) mass is 414 g/mol. The van der Waals surface area contributed by atoms with Crippen LogP contribution in [0.4, 0.5) is 0 Å². The van der Waals surface area contributed by atoms with Crippen LogP contribution in [0.1, 0.15) is 33.9 Å². The van der Waals surface area contributed by atoms with Gasteiger partial charge in [-0.15, -0.1) is 21.5 Å². The van der Waals surface area contributed by atoms with Gasteiger partial charge in [-0.05, 0) is 29.9 Å². The lowest BCUT2D eigenvalue weighted by atomic mass is 10.2. The molecule has 146 valence electrons. The van der Waals surface area contributed by atoms with Crippen LogP contribution in [0.5, 0.6) is 0 Å². The zero-order valence-corrected chi connectivity index (χ0v) is 17.0. The number of ether oxygens (including phenoxy) is 1. The third-order valence-electron chi connectivity index (χ3n) is 4.55. The summed E-state index contributed by atoms with van der Waals surface area (Å²) in [6, 6.07) is 13.9. The number of carbonyl (C=O) groups is 1. The van der Waals surface area contributed by atoms with Crippen LogP contribution in [0.2, 0.25) is 0 Å². The van der Waals surface area contributed by atoms with Crippen molar-refractivity contribution >= 4 is 29.0 Å². The summed E-state index contributed by atoms with van der Waals surface area (Å²) in [6.45, 7) is 1.87. The predicted octanol–water partition coefficient (Wildman–Crippen LogP) is 3.59. The maximum Gasteiger partial charge on any atom is 0.261 e. The normalized spacial score (nSPS) is 16.4. The zero-order valence-electron chi connectivity index (χ0n) is 15.4. The molecule has 1 aliphatic rings. The maximum atomic E-state index is 12.3. The van der Waals surface area contributed by atoms with Gasteiger partial charge in [0.15, 0.2) is 11.0 Å². The van der Waals surface area contributed by atoms with Crippen LogP contribution >= 0.6 is 23.1 Å². The summed E-state index contributed by atoms with van der Waals surface area (Å²) < 4.78 is 7.81. The van der Waals surface area contributed by atoms with Gasteiger partial charge in [-0.1, -0.05) is 48.2 Å². The van der Waals surface area contributed by atoms with Gasteiger partial charge in [-0.3, -0.25) is 4.79 Å². The van der Waals surface area contributed by atoms with Gasteiger partial charge in [0.2, 0.25) is 0 Å². The van der Waals surface area contributed by atoms with Crippen molar-refractivity contribution in [1.29, 1.82) is 0 Å². The van der Waals surface area contributed by atoms with E-state index in [1.165, 1.54) is 16.9 Å². The highest BCUT2D eigenvalue weighted by Crippen LogP contribution is 2.24. The van der Waals surface area contributed by atoms with Gasteiger partial charge in [0.25, 0.3) is 5.91 Å². The van der Waals surface area contributed by atoms with E-state index in [1.807, 2.05) is 35.7 Å². The predicted molar refractivity (Wildman–Crippen MR) is 111 cm³/mol. The van der Waals surface area contributed by atoms with Gasteiger partial charge in [0.1, 0.15) is 0 Å². The van der Waals surface area contributed by atoms with Crippen molar-refractivity contribution in [3.8, 4) is 0 Å². The smallest absolute Gasteiger partial charge is 0.261 e. The molecule has 1 saturated heterocycles. The molecule has 1 aromatic carbocycles. The highest BCUT2D eigenvalue weighted by molar-refractivity contribution is 7.99. The van der Waals surface area contributed by atoms with Crippen LogP contribution in [0.3, 0.4) is 0 Å². The fourth-order valence-corrected chi connectivity index (χ4v) is 4.74. The molecular formula is C20H22N4O2S2. The number of rotatable bonds is 8. The molecule has 28 heavy (non-hydrogen) atoms. The Morgan fingerprint density at radius 1 is 1.25 bits per heavy atom. The number of amides is 1. The minimum Gasteiger partial charge on any atom is -0.377 e. The Labute approximate surface area is 172 Å². The lowest BCUT2D eigenvalue weighted by Crippen LogP contribution is -2.24. The highest BCUT2D eigenvalue weighted by atomic mass is 32.2. The van der Waals surface area contributed by atoms with E-state index in [2.05, 4.69) is 32.2 Å². The van der Waals surface area contributed by atoms with Crippen molar-refractivity contribution in [3.05, 3.63) is 64.1 Å². The van der Waals surface area contributed by atoms with E-state index in [0.717, 1.165) is 36.2 Å². The zero-order chi connectivity index (χ0) is 19.2. The number of hydrogen-bond donors (Lipinski definition) is 1. The number of nitrogens with one attached hydrogen (secondary N) is 1. The van der Waals surface area contributed by atoms with Crippen LogP contribution in [0, 0.1) is 0 Å². The second-order valence-corrected chi connectivity index (χ2v) is 8.51. The molecule has 8 heteroatoms. The summed E-state index contributed by atoms with van der Waals surface area (Å²) in [5.74, 6) is 1.54. The minimum absolute atomic E-state index is 0.0854. The minimum atomic E-state index is -0.0854. The quantitative estimate of drug-likeness (QED) is 0.571. The lowest BCUT2D eigenvalue weighted by molar-refractivity contribution is 0.0953. The van der Waals surface area contributed by atoms with Gasteiger partial charge in [0.05, 0.1) is 24.1 Å². The molecule has 6 nitrogen and oxygen atoms in total. The summed E-state index contributed by atoms with van der Waals surface area (Å²) in [7, 11) is 0. The average Bonchev–Trinajstić information content (AvgIpc) is 3.48. The number of thiophene rings is 1. The third-order valence-corrected chi connectivity index (χ3v) is 6.52. The molecule has 4 rings (SSSR count). The first-order valence-corrected chi connectivity index (χ1v) is 11.2. The second kappa shape index (κ2) is 9.36. The first-order chi connectivity index (χ1) is 13.8. The van der Waals surface area contributed by atoms with Crippen molar-refractivity contribution in [1.82, 2.24) is 20.1 Å². The molecule has 0 aliphatic carbocycles. The Bertz CT molecular complexity index is 890. The SMILES string of the molecule is O=C(NCc1nnc(SC[C@@H]2CCCO2)n1Cc1ccccc1)c1cccs1. The fraction of sp³-hybridized carbons (Fsp3) is 0.350. The number of thioether (sulfide) groups is 1. The Kier molecular flexibility index (Phi) is 6.41. The van der Waals surface area contributed by atoms with Gasteiger partial charge in [-0.25, -0.2) is 0 Å². The molecule has 1 fully saturated rings. The van der Waals surface area contributed by atoms with Crippen molar-refractivity contribution < 1.29 is 9.53 Å². The number of aromatic nitrogens is 3. The molecule has 1 N–H and O–H groups in total. The summed E-state index contributed by atoms with van der Waals surface area (Å²) in [6.07, 6.45) is 2.51. The average molecular weight is 415 g/mol. The molecular weight excluding hydrogens is 392 g/mol. The molecule has 0 saturated carbocycles. The molecule has 1 aliphatic heterocycles. The summed E-state index contributed by atoms with van der Waals surface area (Å²) >= 11 is 3.10. The van der Waals surface area contributed by atoms with E-state index in [9.17, 15) is 4.79 Å². The molecule has 2 aromatic heterocycles. The Balaban J connectivity index is 1.48. The molecule has 1 amide bonds. The fourth-order valence-electron chi connectivity index (χ4n) is 3.08. The van der Waals surface area contributed by atoms with Gasteiger partial charge >= 0.3 is 0 Å². The van der Waals surface area contributed by atoms with Crippen molar-refractivity contribution in [3.63, 3.8) is 0 Å². The highest BCUT2D eigenvalue weighted by Gasteiger charge is 2.19. The first kappa shape index (κ1) is 19.2. The third kappa shape index (κ3) is 4.81. The Morgan fingerprint density at radius 2 is 2.14 bits per heavy atom. The lowest BCUT2D eigenvalue weighted by Gasteiger charge is -2.12. The van der Waals surface area contributed by atoms with Crippen LogP contribution in [-0.2, 0) is 17.8 Å². The van der Waals surface area contributed by atoms with Crippen molar-refractivity contribution in [2.75, 3.05) is 12.4 Å². The Hall–Kier alpha value is -2.16. The van der Waals surface area contributed by atoms with Gasteiger partial charge in [0, 0.05) is 12.4 Å². The van der Waals surface area contributed by atoms with Crippen molar-refractivity contribution in [2.24, 2.45) is 0 Å². The molecule has 0 radical (unpaired) electrons. The van der Waals surface area contributed by atoms with Crippen LogP contribution in [-0.4, -0.2) is 39.1 Å². The Morgan fingerprint density at radius 3 is 2.89 bits per heavy atom. The van der Waals surface area contributed by atoms with Crippen LogP contribution < -0.4 is 5.32 Å². The van der Waals surface area contributed by atoms with Crippen LogP contribution in [0.25, 0.3) is 0 Å². The molecule has 3 aromatic rings. The van der Waals surface area contributed by atoms with E-state index in [0.29, 0.717) is 18.0 Å². The molecule has 3 heterocycles. The standard InChI is InChI=1S/C20H22N4O2S2/c25-19(17-9-5-11-27-17)21-12-18-22-23-20(28-14-16-8-4-10-26-16)24(18)13-15-6-2-1-3-7-15/h1-3,5-7,9,11,16H,4,8,10,12-14H2,(H,21,25)/t16-/m0/s1. The van der Waals surface area contributed by atoms with Gasteiger partial charge < -0.3 is 14.6 Å². The number of hydrogen-bond acceptors (Lipinski definition) is 6.